The number of hydrogen-bond donors (Lipinski definition) is 14. The molecule has 1 aliphatic heterocycles. The normalized spacial score (nSPS) is 16.0. The van der Waals surface area contributed by atoms with E-state index >= 15 is 0 Å². The van der Waals surface area contributed by atoms with Crippen LogP contribution >= 0.6 is 0 Å². The highest BCUT2D eigenvalue weighted by molar-refractivity contribution is 5.98. The number of benzene rings is 3. The Bertz CT molecular complexity index is 2520. The molecule has 3 aromatic carbocycles. The Morgan fingerprint density at radius 2 is 1.18 bits per heavy atom. The van der Waals surface area contributed by atoms with Crippen LogP contribution in [0.4, 0.5) is 0 Å². The summed E-state index contributed by atoms with van der Waals surface area (Å²) < 4.78 is 0. The lowest BCUT2D eigenvalue weighted by atomic mass is 10.0. The minimum Gasteiger partial charge on any atom is -0.508 e. The Labute approximate surface area is 452 Å². The number of carbonyl (C=O) groups is 9. The van der Waals surface area contributed by atoms with Crippen LogP contribution in [0.1, 0.15) is 75.5 Å². The lowest BCUT2D eigenvalue weighted by molar-refractivity contribution is -0.145. The van der Waals surface area contributed by atoms with Crippen LogP contribution in [-0.4, -0.2) is 160 Å². The third-order valence-electron chi connectivity index (χ3n) is 12.8. The van der Waals surface area contributed by atoms with E-state index < -0.39 is 114 Å². The molecule has 0 aliphatic carbocycles. The van der Waals surface area contributed by atoms with E-state index in [0.717, 1.165) is 0 Å². The van der Waals surface area contributed by atoms with Gasteiger partial charge in [0.25, 0.3) is 0 Å². The molecule has 424 valence electrons. The monoisotopic (exact) mass is 1090 g/mol. The number of phenols is 1. The van der Waals surface area contributed by atoms with Crippen LogP contribution < -0.4 is 60.2 Å². The summed E-state index contributed by atoms with van der Waals surface area (Å²) >= 11 is 0. The Kier molecular flexibility index (Phi) is 25.4. The highest BCUT2D eigenvalue weighted by Gasteiger charge is 2.41. The van der Waals surface area contributed by atoms with Gasteiger partial charge in [-0.2, -0.15) is 0 Å². The van der Waals surface area contributed by atoms with Crippen LogP contribution in [0.25, 0.3) is 0 Å². The van der Waals surface area contributed by atoms with Crippen molar-refractivity contribution in [3.05, 3.63) is 102 Å². The van der Waals surface area contributed by atoms with Gasteiger partial charge in [0.2, 0.25) is 47.3 Å². The van der Waals surface area contributed by atoms with E-state index in [2.05, 4.69) is 42.2 Å². The van der Waals surface area contributed by atoms with Gasteiger partial charge in [-0.25, -0.2) is 0 Å². The second-order valence-electron chi connectivity index (χ2n) is 19.1. The zero-order chi connectivity index (χ0) is 57.3. The molecule has 25 heteroatoms. The Hall–Kier alpha value is -8.16. The van der Waals surface area contributed by atoms with Gasteiger partial charge >= 0.3 is 5.97 Å². The summed E-state index contributed by atoms with van der Waals surface area (Å²) in [7, 11) is 0. The molecule has 1 fully saturated rings. The molecule has 1 aliphatic rings. The third kappa shape index (κ3) is 20.8. The maximum absolute atomic E-state index is 14.7. The molecule has 78 heavy (non-hydrogen) atoms. The number of nitrogens with two attached hydrogens (primary N) is 4. The number of nitrogens with one attached hydrogen (secondary N) is 7. The van der Waals surface area contributed by atoms with Gasteiger partial charge in [0.15, 0.2) is 5.96 Å². The number of carboxylic acids is 1. The summed E-state index contributed by atoms with van der Waals surface area (Å²) in [5, 5.41) is 48.6. The van der Waals surface area contributed by atoms with Crippen molar-refractivity contribution in [2.75, 3.05) is 26.2 Å². The van der Waals surface area contributed by atoms with E-state index in [4.69, 9.17) is 22.9 Å². The van der Waals surface area contributed by atoms with Crippen molar-refractivity contribution < 1.29 is 58.5 Å². The van der Waals surface area contributed by atoms with Crippen molar-refractivity contribution in [3.8, 4) is 5.75 Å². The lowest BCUT2D eigenvalue weighted by Crippen LogP contribution is -2.62. The van der Waals surface area contributed by atoms with Crippen LogP contribution in [-0.2, 0) is 62.4 Å². The van der Waals surface area contributed by atoms with Crippen LogP contribution in [0.3, 0.4) is 0 Å². The number of likely N-dealkylation sites (tertiary alicyclic amines) is 1. The van der Waals surface area contributed by atoms with Crippen LogP contribution in [0.5, 0.6) is 5.75 Å². The molecule has 4 rings (SSSR count). The molecular formula is C53H75N13O12. The summed E-state index contributed by atoms with van der Waals surface area (Å²) in [6, 6.07) is 12.6. The summed E-state index contributed by atoms with van der Waals surface area (Å²) in [5.74, 6) is -7.80. The standard InChI is InChI=1S/C53H75N13O12/c1-31(52(77)78)60-46(71)38(18-9-10-24-54)62-50(75)42-19-12-26-66(42)51(76)44(32(2)67)65-49(74)41(29-35-20-22-36(68)23-21-35)64-48(73)40(28-34-15-7-4-8-16-34)63-47(72)39(27-33-13-5-3-6-14-33)61-43(69)30-59-45(70)37(55)17-11-25-58-53(56)57/h3-8,13-16,20-23,31-32,37-42,44,67-68H,9-12,17-19,24-30,54-55H2,1-2H3,(H,59,70)(H,60,71)(H,61,69)(H,62,75)(H,63,72)(H,64,73)(H,65,74)(H,77,78)(H4,56,57,58)/t31-,32+,37-,38-,39-,40-,41-,42-,44-/m0/s1. The molecule has 0 bridgehead atoms. The highest BCUT2D eigenvalue weighted by atomic mass is 16.4. The molecular weight excluding hydrogens is 1010 g/mol. The Balaban J connectivity index is 1.59. The predicted molar refractivity (Wildman–Crippen MR) is 287 cm³/mol. The number of rotatable bonds is 31. The number of aliphatic hydroxyl groups is 1. The van der Waals surface area contributed by atoms with Crippen LogP contribution in [0.2, 0.25) is 0 Å². The molecule has 9 atom stereocenters. The quantitative estimate of drug-likeness (QED) is 0.0179. The molecule has 0 saturated carbocycles. The SMILES string of the molecule is C[C@H](NC(=O)[C@H](CCCCN)NC(=O)[C@@H]1CCCN1C(=O)[C@@H](NC(=O)[C@H](Cc1ccc(O)cc1)NC(=O)[C@H](Cc1ccccc1)NC(=O)[C@H](Cc1ccccc1)NC(=O)CNC(=O)[C@@H](N)CCCN=C(N)N)[C@@H](C)O)C(=O)O. The van der Waals surface area contributed by atoms with Gasteiger partial charge in [0.1, 0.15) is 48.0 Å². The molecule has 3 aromatic rings. The maximum Gasteiger partial charge on any atom is 0.325 e. The van der Waals surface area contributed by atoms with E-state index in [1.807, 2.05) is 0 Å². The summed E-state index contributed by atoms with van der Waals surface area (Å²) in [6.45, 7) is 2.55. The average molecular weight is 1090 g/mol. The number of guanidine groups is 1. The van der Waals surface area contributed by atoms with Crippen molar-refractivity contribution in [1.82, 2.24) is 42.1 Å². The van der Waals surface area contributed by atoms with E-state index in [1.54, 1.807) is 60.7 Å². The number of aliphatic hydroxyl groups excluding tert-OH is 1. The van der Waals surface area contributed by atoms with Crippen molar-refractivity contribution in [3.63, 3.8) is 0 Å². The van der Waals surface area contributed by atoms with Gasteiger partial charge in [-0.1, -0.05) is 72.8 Å². The fourth-order valence-electron chi connectivity index (χ4n) is 8.46. The number of hydrogen-bond acceptors (Lipinski definition) is 14. The van der Waals surface area contributed by atoms with E-state index in [0.29, 0.717) is 48.9 Å². The molecule has 0 radical (unpaired) electrons. The Morgan fingerprint density at radius 1 is 0.654 bits per heavy atom. The molecule has 1 saturated heterocycles. The number of aliphatic imine (C=N–C) groups is 1. The number of carboxylic acid groups (broad SMARTS) is 1. The summed E-state index contributed by atoms with van der Waals surface area (Å²) in [4.78, 5) is 128. The number of amides is 8. The largest absolute Gasteiger partial charge is 0.508 e. The number of aliphatic carboxylic acids is 1. The van der Waals surface area contributed by atoms with Crippen LogP contribution in [0.15, 0.2) is 89.9 Å². The fourth-order valence-corrected chi connectivity index (χ4v) is 8.46. The highest BCUT2D eigenvalue weighted by Crippen LogP contribution is 2.21. The van der Waals surface area contributed by atoms with Crippen LogP contribution in [0, 0.1) is 0 Å². The Morgan fingerprint density at radius 3 is 1.71 bits per heavy atom. The molecule has 0 spiro atoms. The zero-order valence-electron chi connectivity index (χ0n) is 43.9. The molecule has 1 heterocycles. The van der Waals surface area contributed by atoms with Gasteiger partial charge in [-0.3, -0.25) is 48.1 Å². The average Bonchev–Trinajstić information content (AvgIpc) is 3.91. The number of phenolic OH excluding ortho intramolecular Hbond substituents is 1. The van der Waals surface area contributed by atoms with Crippen molar-refractivity contribution >= 4 is 59.2 Å². The summed E-state index contributed by atoms with van der Waals surface area (Å²) in [6.07, 6.45) is 0.183. The fraction of sp³-hybridized carbons (Fsp3) is 0.472. The number of unbranched alkanes of at least 4 members (excludes halogenated alkanes) is 1. The van der Waals surface area contributed by atoms with Gasteiger partial charge in [-0.05, 0) is 94.2 Å². The molecule has 25 nitrogen and oxygen atoms in total. The zero-order valence-corrected chi connectivity index (χ0v) is 43.9. The molecule has 0 unspecified atom stereocenters. The van der Waals surface area contributed by atoms with Gasteiger partial charge in [0, 0.05) is 32.4 Å². The first-order valence-electron chi connectivity index (χ1n) is 25.8. The first-order chi connectivity index (χ1) is 37.2. The van der Waals surface area contributed by atoms with E-state index in [1.165, 1.54) is 43.0 Å². The second-order valence-corrected chi connectivity index (χ2v) is 19.1. The number of nitrogens with zero attached hydrogens (tertiary/aromatic N) is 2. The summed E-state index contributed by atoms with van der Waals surface area (Å²) in [5.41, 5.74) is 24.0. The van der Waals surface area contributed by atoms with Gasteiger partial charge in [-0.15, -0.1) is 0 Å². The van der Waals surface area contributed by atoms with Crippen molar-refractivity contribution in [2.24, 2.45) is 27.9 Å². The molecule has 0 aromatic heterocycles. The maximum atomic E-state index is 14.7. The minimum absolute atomic E-state index is 0.0297. The number of carbonyl (C=O) groups excluding carboxylic acids is 8. The topological polar surface area (TPSA) is 418 Å². The molecule has 8 amide bonds. The van der Waals surface area contributed by atoms with E-state index in [-0.39, 0.29) is 63.3 Å². The smallest absolute Gasteiger partial charge is 0.325 e. The second kappa shape index (κ2) is 31.8. The first kappa shape index (κ1) is 62.4. The molecule has 18 N–H and O–H groups in total. The van der Waals surface area contributed by atoms with E-state index in [9.17, 15) is 58.5 Å². The first-order valence-corrected chi connectivity index (χ1v) is 25.8. The minimum atomic E-state index is -1.68. The lowest BCUT2D eigenvalue weighted by Gasteiger charge is -2.32. The number of aromatic hydroxyl groups is 1. The van der Waals surface area contributed by atoms with Crippen molar-refractivity contribution in [2.45, 2.75) is 132 Å². The third-order valence-corrected chi connectivity index (χ3v) is 12.8. The van der Waals surface area contributed by atoms with Gasteiger partial charge in [0.05, 0.1) is 18.7 Å². The predicted octanol–water partition coefficient (Wildman–Crippen LogP) is -2.57. The van der Waals surface area contributed by atoms with Gasteiger partial charge < -0.3 is 80.4 Å². The van der Waals surface area contributed by atoms with Crippen molar-refractivity contribution in [1.29, 1.82) is 0 Å².